The molecule has 162 valence electrons. The molecular weight excluding hydrogens is 418 g/mol. The average Bonchev–Trinajstić information content (AvgIpc) is 3.35. The van der Waals surface area contributed by atoms with E-state index in [0.29, 0.717) is 5.56 Å². The van der Waals surface area contributed by atoms with E-state index in [-0.39, 0.29) is 11.6 Å². The van der Waals surface area contributed by atoms with Gasteiger partial charge >= 0.3 is 0 Å². The molecule has 2 amide bonds. The van der Waals surface area contributed by atoms with E-state index < -0.39 is 5.91 Å². The summed E-state index contributed by atoms with van der Waals surface area (Å²) in [5.74, 6) is -0.820. The van der Waals surface area contributed by atoms with E-state index in [1.165, 1.54) is 35.3 Å². The molecule has 4 rings (SSSR count). The summed E-state index contributed by atoms with van der Waals surface area (Å²) < 4.78 is 0. The van der Waals surface area contributed by atoms with Gasteiger partial charge in [-0.25, -0.2) is 5.43 Å². The van der Waals surface area contributed by atoms with E-state index in [1.807, 2.05) is 30.5 Å². The summed E-state index contributed by atoms with van der Waals surface area (Å²) in [7, 11) is 0. The minimum Gasteiger partial charge on any atom is -0.317 e. The maximum Gasteiger partial charge on any atom is 0.287 e. The molecule has 0 bridgehead atoms. The lowest BCUT2D eigenvalue weighted by molar-refractivity contribution is -0.117. The first kappa shape index (κ1) is 21.7. The van der Waals surface area contributed by atoms with Crippen molar-refractivity contribution in [2.45, 2.75) is 32.6 Å². The number of hydrazone groups is 1. The Morgan fingerprint density at radius 2 is 1.72 bits per heavy atom. The molecule has 0 atom stereocenters. The summed E-state index contributed by atoms with van der Waals surface area (Å²) >= 11 is 1.48. The fourth-order valence-corrected chi connectivity index (χ4v) is 4.33. The van der Waals surface area contributed by atoms with Crippen LogP contribution in [0.4, 0.5) is 0 Å². The number of rotatable bonds is 6. The number of fused-ring (bicyclic) bond motifs is 1. The van der Waals surface area contributed by atoms with Gasteiger partial charge in [-0.05, 0) is 85.0 Å². The molecule has 0 saturated carbocycles. The van der Waals surface area contributed by atoms with E-state index in [4.69, 9.17) is 0 Å². The van der Waals surface area contributed by atoms with Gasteiger partial charge in [0.25, 0.3) is 11.8 Å². The van der Waals surface area contributed by atoms with Crippen LogP contribution in [0.5, 0.6) is 0 Å². The third-order valence-corrected chi connectivity index (χ3v) is 6.27. The lowest BCUT2D eigenvalue weighted by atomic mass is 9.90. The zero-order valence-corrected chi connectivity index (χ0v) is 18.7. The minimum absolute atomic E-state index is 0.142. The van der Waals surface area contributed by atoms with E-state index >= 15 is 0 Å². The highest BCUT2D eigenvalue weighted by molar-refractivity contribution is 7.10. The third kappa shape index (κ3) is 5.39. The maximum atomic E-state index is 12.9. The van der Waals surface area contributed by atoms with Gasteiger partial charge < -0.3 is 5.32 Å². The van der Waals surface area contributed by atoms with Crippen molar-refractivity contribution in [3.05, 3.63) is 98.9 Å². The Balaban J connectivity index is 1.51. The molecule has 32 heavy (non-hydrogen) atoms. The lowest BCUT2D eigenvalue weighted by Gasteiger charge is -2.16. The first-order valence-corrected chi connectivity index (χ1v) is 11.6. The van der Waals surface area contributed by atoms with Crippen molar-refractivity contribution in [3.8, 4) is 0 Å². The van der Waals surface area contributed by atoms with Gasteiger partial charge in [0.2, 0.25) is 0 Å². The average molecular weight is 444 g/mol. The maximum absolute atomic E-state index is 12.9. The standard InChI is InChI=1S/C26H25N3O2S/c1-18(21-14-13-19-8-5-6-11-22(19)16-21)28-29-26(31)24(17-23-12-7-15-32-23)27-25(30)20-9-3-2-4-10-20/h2-4,7,9-10,12-17H,5-6,8,11H2,1H3,(H,27,30)(H,29,31)/b24-17+,28-18-. The van der Waals surface area contributed by atoms with Gasteiger partial charge in [0, 0.05) is 10.4 Å². The van der Waals surface area contributed by atoms with Crippen LogP contribution >= 0.6 is 11.3 Å². The number of carbonyl (C=O) groups is 2. The topological polar surface area (TPSA) is 70.6 Å². The van der Waals surface area contributed by atoms with Crippen molar-refractivity contribution in [1.29, 1.82) is 0 Å². The molecule has 5 nitrogen and oxygen atoms in total. The molecule has 1 aromatic heterocycles. The van der Waals surface area contributed by atoms with Crippen molar-refractivity contribution in [1.82, 2.24) is 10.7 Å². The molecule has 2 aromatic carbocycles. The summed E-state index contributed by atoms with van der Waals surface area (Å²) in [5, 5.41) is 8.94. The Morgan fingerprint density at radius 1 is 0.938 bits per heavy atom. The molecule has 0 radical (unpaired) electrons. The third-order valence-electron chi connectivity index (χ3n) is 5.45. The molecule has 0 fully saturated rings. The van der Waals surface area contributed by atoms with E-state index in [1.54, 1.807) is 30.3 Å². The van der Waals surface area contributed by atoms with Crippen LogP contribution < -0.4 is 10.7 Å². The molecule has 1 aliphatic carbocycles. The van der Waals surface area contributed by atoms with Crippen molar-refractivity contribution in [2.24, 2.45) is 5.10 Å². The minimum atomic E-state index is -0.472. The summed E-state index contributed by atoms with van der Waals surface area (Å²) in [5.41, 5.74) is 7.70. The second-order valence-corrected chi connectivity index (χ2v) is 8.70. The Hall–Kier alpha value is -3.51. The molecule has 0 unspecified atom stereocenters. The summed E-state index contributed by atoms with van der Waals surface area (Å²) in [6, 6.07) is 19.0. The SMILES string of the molecule is C/C(=N/NC(=O)/C(=C\c1cccs1)NC(=O)c1ccccc1)c1ccc2c(c1)CCCC2. The quantitative estimate of drug-likeness (QED) is 0.322. The smallest absolute Gasteiger partial charge is 0.287 e. The van der Waals surface area contributed by atoms with Crippen LogP contribution in [0.1, 0.15) is 51.7 Å². The van der Waals surface area contributed by atoms with Gasteiger partial charge in [-0.15, -0.1) is 11.3 Å². The number of benzene rings is 2. The van der Waals surface area contributed by atoms with Crippen molar-refractivity contribution < 1.29 is 9.59 Å². The number of hydrogen-bond donors (Lipinski definition) is 2. The molecule has 0 aliphatic heterocycles. The predicted octanol–water partition coefficient (Wildman–Crippen LogP) is 4.94. The second-order valence-electron chi connectivity index (χ2n) is 7.72. The van der Waals surface area contributed by atoms with Gasteiger partial charge in [0.15, 0.2) is 0 Å². The van der Waals surface area contributed by atoms with E-state index in [0.717, 1.165) is 29.0 Å². The second kappa shape index (κ2) is 10.2. The first-order valence-electron chi connectivity index (χ1n) is 10.7. The monoisotopic (exact) mass is 443 g/mol. The van der Waals surface area contributed by atoms with Crippen LogP contribution in [0.25, 0.3) is 6.08 Å². The largest absolute Gasteiger partial charge is 0.317 e. The Morgan fingerprint density at radius 3 is 2.47 bits per heavy atom. The zero-order valence-electron chi connectivity index (χ0n) is 17.9. The van der Waals surface area contributed by atoms with Gasteiger partial charge in [0.05, 0.1) is 5.71 Å². The number of amides is 2. The molecule has 0 spiro atoms. The normalized spacial score (nSPS) is 13.9. The fraction of sp³-hybridized carbons (Fsp3) is 0.192. The number of carbonyl (C=O) groups excluding carboxylic acids is 2. The summed E-state index contributed by atoms with van der Waals surface area (Å²) in [4.78, 5) is 26.4. The van der Waals surface area contributed by atoms with Gasteiger partial charge in [0.1, 0.15) is 5.70 Å². The number of aryl methyl sites for hydroxylation is 2. The lowest BCUT2D eigenvalue weighted by Crippen LogP contribution is -2.33. The van der Waals surface area contributed by atoms with Crippen LogP contribution in [-0.4, -0.2) is 17.5 Å². The summed E-state index contributed by atoms with van der Waals surface area (Å²) in [6.07, 6.45) is 6.32. The molecule has 2 N–H and O–H groups in total. The molecule has 3 aromatic rings. The highest BCUT2D eigenvalue weighted by atomic mass is 32.1. The van der Waals surface area contributed by atoms with Crippen LogP contribution in [-0.2, 0) is 17.6 Å². The van der Waals surface area contributed by atoms with Crippen molar-refractivity contribution >= 4 is 34.9 Å². The summed E-state index contributed by atoms with van der Waals surface area (Å²) in [6.45, 7) is 1.87. The van der Waals surface area contributed by atoms with Gasteiger partial charge in [-0.3, -0.25) is 9.59 Å². The number of hydrogen-bond acceptors (Lipinski definition) is 4. The van der Waals surface area contributed by atoms with Gasteiger partial charge in [-0.2, -0.15) is 5.10 Å². The Kier molecular flexibility index (Phi) is 6.92. The molecule has 6 heteroatoms. The van der Waals surface area contributed by atoms with Crippen LogP contribution in [0.3, 0.4) is 0 Å². The first-order chi connectivity index (χ1) is 15.6. The Labute approximate surface area is 191 Å². The highest BCUT2D eigenvalue weighted by Crippen LogP contribution is 2.22. The molecule has 0 saturated heterocycles. The van der Waals surface area contributed by atoms with Crippen LogP contribution in [0.2, 0.25) is 0 Å². The van der Waals surface area contributed by atoms with Crippen LogP contribution in [0, 0.1) is 0 Å². The van der Waals surface area contributed by atoms with E-state index in [2.05, 4.69) is 34.0 Å². The molecular formula is C26H25N3O2S. The Bertz CT molecular complexity index is 1170. The van der Waals surface area contributed by atoms with Gasteiger partial charge in [-0.1, -0.05) is 36.4 Å². The number of nitrogens with one attached hydrogen (secondary N) is 2. The van der Waals surface area contributed by atoms with Crippen molar-refractivity contribution in [2.75, 3.05) is 0 Å². The highest BCUT2D eigenvalue weighted by Gasteiger charge is 2.15. The number of nitrogens with zero attached hydrogens (tertiary/aromatic N) is 1. The number of thiophene rings is 1. The molecule has 1 heterocycles. The zero-order chi connectivity index (χ0) is 22.3. The predicted molar refractivity (Wildman–Crippen MR) is 130 cm³/mol. The fourth-order valence-electron chi connectivity index (χ4n) is 3.68. The molecule has 1 aliphatic rings. The van der Waals surface area contributed by atoms with E-state index in [9.17, 15) is 9.59 Å². The van der Waals surface area contributed by atoms with Crippen molar-refractivity contribution in [3.63, 3.8) is 0 Å². The van der Waals surface area contributed by atoms with Crippen LogP contribution in [0.15, 0.2) is 76.8 Å².